The molecule has 1 fully saturated rings. The number of hydrogen-bond acceptors (Lipinski definition) is 3. The van der Waals surface area contributed by atoms with Crippen molar-refractivity contribution in [1.82, 2.24) is 15.1 Å². The van der Waals surface area contributed by atoms with Crippen molar-refractivity contribution in [3.05, 3.63) is 72.6 Å². The lowest BCUT2D eigenvalue weighted by molar-refractivity contribution is 0.240. The van der Waals surface area contributed by atoms with Gasteiger partial charge in [-0.3, -0.25) is 9.58 Å². The van der Waals surface area contributed by atoms with Gasteiger partial charge in [0.1, 0.15) is 0 Å². The normalized spacial score (nSPS) is 18.7. The highest BCUT2D eigenvalue weighted by Crippen LogP contribution is 2.29. The van der Waals surface area contributed by atoms with Gasteiger partial charge in [0.25, 0.3) is 0 Å². The Balaban J connectivity index is 1.54. The number of hydrogen-bond donors (Lipinski definition) is 2. The topological polar surface area (TPSA) is 76.2 Å². The maximum Gasteiger partial charge on any atom is 0.322 e. The lowest BCUT2D eigenvalue weighted by Crippen LogP contribution is -2.48. The van der Waals surface area contributed by atoms with Gasteiger partial charge < -0.3 is 11.1 Å². The number of anilines is 1. The lowest BCUT2D eigenvalue weighted by Gasteiger charge is -2.36. The highest BCUT2D eigenvalue weighted by Gasteiger charge is 2.29. The largest absolute Gasteiger partial charge is 0.334 e. The predicted molar refractivity (Wildman–Crippen MR) is 120 cm³/mol. The van der Waals surface area contributed by atoms with Crippen LogP contribution >= 0.6 is 0 Å². The maximum absolute atomic E-state index is 13.2. The summed E-state index contributed by atoms with van der Waals surface area (Å²) in [5, 5.41) is 7.34. The predicted octanol–water partition coefficient (Wildman–Crippen LogP) is 4.07. The second-order valence-electron chi connectivity index (χ2n) is 8.03. The van der Waals surface area contributed by atoms with E-state index < -0.39 is 0 Å². The van der Waals surface area contributed by atoms with E-state index in [9.17, 15) is 4.79 Å². The molecule has 2 amide bonds. The average molecular weight is 404 g/mol. The molecule has 0 unspecified atom stereocenters. The molecule has 1 saturated carbocycles. The van der Waals surface area contributed by atoms with Crippen LogP contribution in [-0.2, 0) is 13.6 Å². The number of amides is 2. The van der Waals surface area contributed by atoms with E-state index in [-0.39, 0.29) is 18.1 Å². The Bertz CT molecular complexity index is 959. The third kappa shape index (κ3) is 4.71. The molecule has 0 radical (unpaired) electrons. The van der Waals surface area contributed by atoms with Crippen LogP contribution < -0.4 is 16.0 Å². The van der Waals surface area contributed by atoms with E-state index >= 15 is 0 Å². The Hall–Kier alpha value is -3.12. The average Bonchev–Trinajstić information content (AvgIpc) is 3.21. The third-order valence-corrected chi connectivity index (χ3v) is 5.80. The fourth-order valence-electron chi connectivity index (χ4n) is 4.10. The number of nitrogens with one attached hydrogen (secondary N) is 1. The molecule has 0 bridgehead atoms. The summed E-state index contributed by atoms with van der Waals surface area (Å²) in [5.74, 6) is 0. The molecule has 6 nitrogen and oxygen atoms in total. The van der Waals surface area contributed by atoms with Crippen LogP contribution in [0.3, 0.4) is 0 Å². The molecule has 2 aromatic carbocycles. The Labute approximate surface area is 177 Å². The van der Waals surface area contributed by atoms with Crippen LogP contribution in [0.5, 0.6) is 0 Å². The molecule has 0 spiro atoms. The zero-order chi connectivity index (χ0) is 20.9. The van der Waals surface area contributed by atoms with Crippen LogP contribution in [-0.4, -0.2) is 27.9 Å². The minimum Gasteiger partial charge on any atom is -0.334 e. The minimum absolute atomic E-state index is 0.0616. The quantitative estimate of drug-likeness (QED) is 0.674. The lowest BCUT2D eigenvalue weighted by atomic mass is 9.90. The van der Waals surface area contributed by atoms with Crippen molar-refractivity contribution in [2.75, 3.05) is 4.90 Å². The number of carbonyl (C=O) groups excluding carboxylic acids is 1. The van der Waals surface area contributed by atoms with Crippen LogP contribution in [0.2, 0.25) is 0 Å². The van der Waals surface area contributed by atoms with E-state index in [0.717, 1.165) is 48.1 Å². The fraction of sp³-hybridized carbons (Fsp3) is 0.333. The summed E-state index contributed by atoms with van der Waals surface area (Å²) >= 11 is 0. The molecule has 156 valence electrons. The van der Waals surface area contributed by atoms with Crippen molar-refractivity contribution in [2.24, 2.45) is 12.8 Å². The first kappa shape index (κ1) is 20.2. The van der Waals surface area contributed by atoms with Crippen molar-refractivity contribution < 1.29 is 4.79 Å². The van der Waals surface area contributed by atoms with Gasteiger partial charge in [-0.25, -0.2) is 4.79 Å². The van der Waals surface area contributed by atoms with Crippen molar-refractivity contribution in [2.45, 2.75) is 44.3 Å². The highest BCUT2D eigenvalue weighted by molar-refractivity contribution is 5.93. The minimum atomic E-state index is -0.0616. The number of nitrogens with two attached hydrogens (primary N) is 1. The van der Waals surface area contributed by atoms with Crippen LogP contribution in [0.1, 0.15) is 31.2 Å². The van der Waals surface area contributed by atoms with E-state index in [1.54, 1.807) is 4.68 Å². The molecule has 1 aliphatic rings. The first-order chi connectivity index (χ1) is 14.6. The van der Waals surface area contributed by atoms with Crippen LogP contribution in [0.25, 0.3) is 11.1 Å². The molecule has 0 saturated heterocycles. The summed E-state index contributed by atoms with van der Waals surface area (Å²) in [7, 11) is 1.91. The summed E-state index contributed by atoms with van der Waals surface area (Å²) < 4.78 is 1.79. The summed E-state index contributed by atoms with van der Waals surface area (Å²) in [4.78, 5) is 15.1. The fourth-order valence-corrected chi connectivity index (χ4v) is 4.10. The van der Waals surface area contributed by atoms with E-state index in [0.29, 0.717) is 6.54 Å². The summed E-state index contributed by atoms with van der Waals surface area (Å²) in [6, 6.07) is 18.5. The molecule has 3 aromatic rings. The SMILES string of the molecule is Cn1cc(-c2ccc(N(C(=O)NCc3ccccc3)C3CCC(N)CC3)cc2)cn1. The first-order valence-electron chi connectivity index (χ1n) is 10.6. The molecule has 0 atom stereocenters. The third-order valence-electron chi connectivity index (χ3n) is 5.80. The molecule has 1 aromatic heterocycles. The smallest absolute Gasteiger partial charge is 0.322 e. The molecule has 1 aliphatic carbocycles. The number of aromatic nitrogens is 2. The first-order valence-corrected chi connectivity index (χ1v) is 10.6. The van der Waals surface area contributed by atoms with Gasteiger partial charge in [0.2, 0.25) is 0 Å². The van der Waals surface area contributed by atoms with Gasteiger partial charge in [0.15, 0.2) is 0 Å². The number of benzene rings is 2. The van der Waals surface area contributed by atoms with Gasteiger partial charge >= 0.3 is 6.03 Å². The Morgan fingerprint density at radius 1 is 1.07 bits per heavy atom. The van der Waals surface area contributed by atoms with Gasteiger partial charge in [-0.1, -0.05) is 42.5 Å². The van der Waals surface area contributed by atoms with Gasteiger partial charge in [0, 0.05) is 43.1 Å². The molecule has 0 aliphatic heterocycles. The van der Waals surface area contributed by atoms with Crippen molar-refractivity contribution in [3.63, 3.8) is 0 Å². The molecular weight excluding hydrogens is 374 g/mol. The van der Waals surface area contributed by atoms with Crippen molar-refractivity contribution >= 4 is 11.7 Å². The molecule has 30 heavy (non-hydrogen) atoms. The summed E-state index contributed by atoms with van der Waals surface area (Å²) in [6.07, 6.45) is 7.57. The van der Waals surface area contributed by atoms with Crippen LogP contribution in [0.15, 0.2) is 67.0 Å². The maximum atomic E-state index is 13.2. The van der Waals surface area contributed by atoms with Crippen LogP contribution in [0, 0.1) is 0 Å². The molecule has 1 heterocycles. The van der Waals surface area contributed by atoms with Gasteiger partial charge in [-0.2, -0.15) is 5.10 Å². The monoisotopic (exact) mass is 403 g/mol. The number of aryl methyl sites for hydroxylation is 1. The van der Waals surface area contributed by atoms with Crippen LogP contribution in [0.4, 0.5) is 10.5 Å². The highest BCUT2D eigenvalue weighted by atomic mass is 16.2. The molecule has 3 N–H and O–H groups in total. The number of rotatable bonds is 5. The Kier molecular flexibility index (Phi) is 6.14. The van der Waals surface area contributed by atoms with E-state index in [4.69, 9.17) is 5.73 Å². The van der Waals surface area contributed by atoms with Gasteiger partial charge in [0.05, 0.1) is 6.20 Å². The Morgan fingerprint density at radius 3 is 2.40 bits per heavy atom. The second kappa shape index (κ2) is 9.13. The van der Waals surface area contributed by atoms with E-state index in [1.807, 2.05) is 66.8 Å². The summed E-state index contributed by atoms with van der Waals surface area (Å²) in [5.41, 5.74) is 10.3. The summed E-state index contributed by atoms with van der Waals surface area (Å²) in [6.45, 7) is 0.510. The Morgan fingerprint density at radius 2 is 1.77 bits per heavy atom. The number of carbonyl (C=O) groups is 1. The van der Waals surface area contributed by atoms with E-state index in [2.05, 4.69) is 22.5 Å². The molecule has 6 heteroatoms. The second-order valence-corrected chi connectivity index (χ2v) is 8.03. The van der Waals surface area contributed by atoms with Crippen molar-refractivity contribution in [3.8, 4) is 11.1 Å². The zero-order valence-corrected chi connectivity index (χ0v) is 17.4. The van der Waals surface area contributed by atoms with E-state index in [1.165, 1.54) is 0 Å². The van der Waals surface area contributed by atoms with Gasteiger partial charge in [-0.15, -0.1) is 0 Å². The number of nitrogens with zero attached hydrogens (tertiary/aromatic N) is 3. The molecule has 4 rings (SSSR count). The zero-order valence-electron chi connectivity index (χ0n) is 17.4. The van der Waals surface area contributed by atoms with Crippen molar-refractivity contribution in [1.29, 1.82) is 0 Å². The number of urea groups is 1. The standard InChI is InChI=1S/C24H29N5O/c1-28-17-20(16-27-28)19-7-11-22(12-8-19)29(23-13-9-21(25)10-14-23)24(30)26-15-18-5-3-2-4-6-18/h2-8,11-12,16-17,21,23H,9-10,13-15,25H2,1H3,(H,26,30). The van der Waals surface area contributed by atoms with Gasteiger partial charge in [-0.05, 0) is 48.9 Å². The molecular formula is C24H29N5O.